The summed E-state index contributed by atoms with van der Waals surface area (Å²) in [6.07, 6.45) is -0.715. The van der Waals surface area contributed by atoms with Crippen LogP contribution in [0.1, 0.15) is 33.0 Å². The second kappa shape index (κ2) is 8.82. The van der Waals surface area contributed by atoms with Crippen molar-refractivity contribution in [3.63, 3.8) is 0 Å². The molecule has 1 atom stereocenters. The van der Waals surface area contributed by atoms with Gasteiger partial charge in [0.2, 0.25) is 0 Å². The molecule has 0 radical (unpaired) electrons. The van der Waals surface area contributed by atoms with E-state index in [1.807, 2.05) is 0 Å². The van der Waals surface area contributed by atoms with Crippen LogP contribution in [-0.2, 0) is 4.79 Å². The first-order valence-electron chi connectivity index (χ1n) is 9.21. The molecule has 10 heteroatoms. The van der Waals surface area contributed by atoms with Crippen molar-refractivity contribution in [1.29, 1.82) is 0 Å². The van der Waals surface area contributed by atoms with Crippen LogP contribution in [0.3, 0.4) is 0 Å². The second-order valence-electron chi connectivity index (χ2n) is 6.63. The Bertz CT molecular complexity index is 898. The van der Waals surface area contributed by atoms with E-state index in [4.69, 9.17) is 10.3 Å². The van der Waals surface area contributed by atoms with Gasteiger partial charge in [-0.2, -0.15) is 0 Å². The van der Waals surface area contributed by atoms with Crippen molar-refractivity contribution in [2.75, 3.05) is 26.2 Å². The van der Waals surface area contributed by atoms with Crippen LogP contribution in [0, 0.1) is 12.7 Å². The van der Waals surface area contributed by atoms with Crippen LogP contribution in [0.4, 0.5) is 4.39 Å². The number of nitrogens with two attached hydrogens (primary N) is 1. The lowest BCUT2D eigenvalue weighted by molar-refractivity contribution is -0.132. The van der Waals surface area contributed by atoms with E-state index in [2.05, 4.69) is 10.5 Å². The molecule has 1 fully saturated rings. The fourth-order valence-corrected chi connectivity index (χ4v) is 3.19. The number of halogens is 1. The standard InChI is InChI=1S/C19H22FN5O4/c1-12-11-15(23-29-12)19(28)25-10-2-9-24(17(25)16(26)22-8-7-21)18(27)13-3-5-14(20)6-4-13/h3-6,11,17H,2,7-10,21H2,1H3,(H,22,26). The van der Waals surface area contributed by atoms with E-state index in [1.54, 1.807) is 6.92 Å². The third kappa shape index (κ3) is 4.43. The van der Waals surface area contributed by atoms with Crippen molar-refractivity contribution in [2.45, 2.75) is 19.5 Å². The third-order valence-electron chi connectivity index (χ3n) is 4.53. The Balaban J connectivity index is 1.93. The second-order valence-corrected chi connectivity index (χ2v) is 6.63. The topological polar surface area (TPSA) is 122 Å². The molecule has 1 aliphatic heterocycles. The first-order valence-corrected chi connectivity index (χ1v) is 9.21. The number of carbonyl (C=O) groups is 3. The van der Waals surface area contributed by atoms with E-state index >= 15 is 0 Å². The number of aromatic nitrogens is 1. The SMILES string of the molecule is Cc1cc(C(=O)N2CCCN(C(=O)c3ccc(F)cc3)C2C(=O)NCCN)no1. The molecule has 0 saturated carbocycles. The number of carbonyl (C=O) groups excluding carboxylic acids is 3. The first-order chi connectivity index (χ1) is 13.9. The lowest BCUT2D eigenvalue weighted by Gasteiger charge is -2.42. The number of nitrogens with one attached hydrogen (secondary N) is 1. The quantitative estimate of drug-likeness (QED) is 0.750. The highest BCUT2D eigenvalue weighted by Crippen LogP contribution is 2.21. The molecule has 0 bridgehead atoms. The molecule has 1 saturated heterocycles. The van der Waals surface area contributed by atoms with Crippen LogP contribution >= 0.6 is 0 Å². The zero-order chi connectivity index (χ0) is 21.0. The number of hydrogen-bond donors (Lipinski definition) is 2. The van der Waals surface area contributed by atoms with Gasteiger partial charge in [-0.3, -0.25) is 14.4 Å². The molecule has 1 aromatic heterocycles. The van der Waals surface area contributed by atoms with Gasteiger partial charge in [0.25, 0.3) is 17.7 Å². The lowest BCUT2D eigenvalue weighted by Crippen LogP contribution is -2.63. The maximum absolute atomic E-state index is 13.2. The van der Waals surface area contributed by atoms with Gasteiger partial charge in [-0.05, 0) is 37.6 Å². The molecule has 0 aliphatic carbocycles. The van der Waals surface area contributed by atoms with Gasteiger partial charge in [-0.1, -0.05) is 5.16 Å². The van der Waals surface area contributed by atoms with Crippen molar-refractivity contribution in [3.05, 3.63) is 53.2 Å². The van der Waals surface area contributed by atoms with Crippen LogP contribution in [0.25, 0.3) is 0 Å². The summed E-state index contributed by atoms with van der Waals surface area (Å²) in [6, 6.07) is 6.49. The van der Waals surface area contributed by atoms with Crippen LogP contribution in [0.15, 0.2) is 34.9 Å². The average Bonchev–Trinajstić information content (AvgIpc) is 3.17. The Morgan fingerprint density at radius 2 is 1.86 bits per heavy atom. The lowest BCUT2D eigenvalue weighted by atomic mass is 10.1. The van der Waals surface area contributed by atoms with Crippen LogP contribution in [0.5, 0.6) is 0 Å². The summed E-state index contributed by atoms with van der Waals surface area (Å²) in [7, 11) is 0. The Kier molecular flexibility index (Phi) is 6.23. The van der Waals surface area contributed by atoms with Crippen molar-refractivity contribution in [3.8, 4) is 0 Å². The predicted molar refractivity (Wildman–Crippen MR) is 100 cm³/mol. The highest BCUT2D eigenvalue weighted by atomic mass is 19.1. The fraction of sp³-hybridized carbons (Fsp3) is 0.368. The largest absolute Gasteiger partial charge is 0.361 e. The van der Waals surface area contributed by atoms with Crippen molar-refractivity contribution in [2.24, 2.45) is 5.73 Å². The summed E-state index contributed by atoms with van der Waals surface area (Å²) in [5.74, 6) is -1.55. The number of nitrogens with zero attached hydrogens (tertiary/aromatic N) is 3. The molecule has 1 aliphatic rings. The zero-order valence-electron chi connectivity index (χ0n) is 15.9. The minimum absolute atomic E-state index is 0.0511. The number of rotatable bonds is 5. The first kappa shape index (κ1) is 20.5. The summed E-state index contributed by atoms with van der Waals surface area (Å²) >= 11 is 0. The van der Waals surface area contributed by atoms with E-state index in [1.165, 1.54) is 40.1 Å². The van der Waals surface area contributed by atoms with E-state index in [-0.39, 0.29) is 37.4 Å². The van der Waals surface area contributed by atoms with Gasteiger partial charge in [0.15, 0.2) is 11.9 Å². The van der Waals surface area contributed by atoms with Crippen LogP contribution in [0.2, 0.25) is 0 Å². The Morgan fingerprint density at radius 3 is 2.45 bits per heavy atom. The van der Waals surface area contributed by atoms with Crippen LogP contribution in [-0.4, -0.2) is 65.0 Å². The molecule has 2 heterocycles. The molecule has 3 N–H and O–H groups in total. The maximum atomic E-state index is 13.2. The van der Waals surface area contributed by atoms with E-state index in [9.17, 15) is 18.8 Å². The molecular weight excluding hydrogens is 381 g/mol. The van der Waals surface area contributed by atoms with Gasteiger partial charge in [0, 0.05) is 37.8 Å². The minimum Gasteiger partial charge on any atom is -0.361 e. The summed E-state index contributed by atoms with van der Waals surface area (Å²) in [6.45, 7) is 2.58. The highest BCUT2D eigenvalue weighted by molar-refractivity contribution is 6.01. The number of benzene rings is 1. The maximum Gasteiger partial charge on any atom is 0.278 e. The minimum atomic E-state index is -1.18. The van der Waals surface area contributed by atoms with Crippen molar-refractivity contribution >= 4 is 17.7 Å². The van der Waals surface area contributed by atoms with Crippen molar-refractivity contribution in [1.82, 2.24) is 20.3 Å². The van der Waals surface area contributed by atoms with Gasteiger partial charge in [0.1, 0.15) is 11.6 Å². The molecule has 3 amide bonds. The Hall–Kier alpha value is -3.27. The monoisotopic (exact) mass is 403 g/mol. The molecule has 3 rings (SSSR count). The molecule has 1 unspecified atom stereocenters. The third-order valence-corrected chi connectivity index (χ3v) is 4.53. The highest BCUT2D eigenvalue weighted by Gasteiger charge is 2.41. The molecule has 9 nitrogen and oxygen atoms in total. The zero-order valence-corrected chi connectivity index (χ0v) is 15.9. The number of hydrogen-bond acceptors (Lipinski definition) is 6. The van der Waals surface area contributed by atoms with Gasteiger partial charge in [-0.25, -0.2) is 4.39 Å². The van der Waals surface area contributed by atoms with Gasteiger partial charge < -0.3 is 25.4 Å². The Labute approximate surface area is 166 Å². The molecule has 29 heavy (non-hydrogen) atoms. The van der Waals surface area contributed by atoms with E-state index < -0.39 is 29.7 Å². The molecule has 2 aromatic rings. The number of amides is 3. The summed E-state index contributed by atoms with van der Waals surface area (Å²) in [5, 5.41) is 6.36. The van der Waals surface area contributed by atoms with Crippen LogP contribution < -0.4 is 11.1 Å². The average molecular weight is 403 g/mol. The van der Waals surface area contributed by atoms with Gasteiger partial charge >= 0.3 is 0 Å². The summed E-state index contributed by atoms with van der Waals surface area (Å²) in [4.78, 5) is 41.4. The van der Waals surface area contributed by atoms with E-state index in [0.29, 0.717) is 12.2 Å². The normalized spacial score (nSPS) is 16.6. The number of aryl methyl sites for hydroxylation is 1. The molecule has 154 valence electrons. The molecular formula is C19H22FN5O4. The predicted octanol–water partition coefficient (Wildman–Crippen LogP) is 0.511. The Morgan fingerprint density at radius 1 is 1.21 bits per heavy atom. The van der Waals surface area contributed by atoms with Gasteiger partial charge in [0.05, 0.1) is 0 Å². The molecule has 1 aromatic carbocycles. The summed E-state index contributed by atoms with van der Waals surface area (Å²) < 4.78 is 18.2. The van der Waals surface area contributed by atoms with Crippen molar-refractivity contribution < 1.29 is 23.3 Å². The molecule has 0 spiro atoms. The fourth-order valence-electron chi connectivity index (χ4n) is 3.19. The summed E-state index contributed by atoms with van der Waals surface area (Å²) in [5.41, 5.74) is 5.73. The van der Waals surface area contributed by atoms with E-state index in [0.717, 1.165) is 0 Å². The smallest absolute Gasteiger partial charge is 0.278 e. The van der Waals surface area contributed by atoms with Gasteiger partial charge in [-0.15, -0.1) is 0 Å².